The van der Waals surface area contributed by atoms with Crippen molar-refractivity contribution in [2.24, 2.45) is 5.41 Å². The summed E-state index contributed by atoms with van der Waals surface area (Å²) in [7, 11) is 0. The molecule has 4 heteroatoms. The van der Waals surface area contributed by atoms with Gasteiger partial charge in [-0.1, -0.05) is 25.7 Å². The van der Waals surface area contributed by atoms with Crippen molar-refractivity contribution in [2.45, 2.75) is 26.7 Å². The number of carbonyl (C=O) groups is 1. The van der Waals surface area contributed by atoms with E-state index >= 15 is 0 Å². The van der Waals surface area contributed by atoms with E-state index in [9.17, 15) is 9.18 Å². The maximum Gasteiger partial charge on any atom is 0.253 e. The van der Waals surface area contributed by atoms with Gasteiger partial charge in [0.05, 0.1) is 5.56 Å². The third-order valence-electron chi connectivity index (χ3n) is 3.71. The molecule has 112 valence electrons. The predicted octanol–water partition coefficient (Wildman–Crippen LogP) is 2.43. The number of amides is 1. The zero-order valence-corrected chi connectivity index (χ0v) is 12.4. The first kappa shape index (κ1) is 15.5. The van der Waals surface area contributed by atoms with E-state index in [2.05, 4.69) is 25.7 Å². The molecule has 0 unspecified atom stereocenters. The van der Waals surface area contributed by atoms with Gasteiger partial charge in [-0.05, 0) is 36.5 Å². The summed E-state index contributed by atoms with van der Waals surface area (Å²) in [5, 5.41) is 8.62. The predicted molar refractivity (Wildman–Crippen MR) is 79.3 cm³/mol. The van der Waals surface area contributed by atoms with Gasteiger partial charge >= 0.3 is 0 Å². The molecule has 0 saturated carbocycles. The highest BCUT2D eigenvalue weighted by molar-refractivity contribution is 5.94. The SMILES string of the molecule is CC1(C)CCCN(C(=O)c2ccc(C#CCO)c(F)c2)C1. The summed E-state index contributed by atoms with van der Waals surface area (Å²) < 4.78 is 13.9. The normalized spacial score (nSPS) is 17.0. The van der Waals surface area contributed by atoms with Crippen LogP contribution in [0, 0.1) is 23.1 Å². The zero-order chi connectivity index (χ0) is 15.5. The Kier molecular flexibility index (Phi) is 4.64. The van der Waals surface area contributed by atoms with Gasteiger partial charge in [0.15, 0.2) is 0 Å². The molecule has 1 saturated heterocycles. The van der Waals surface area contributed by atoms with Crippen LogP contribution in [0.3, 0.4) is 0 Å². The number of hydrogen-bond donors (Lipinski definition) is 1. The van der Waals surface area contributed by atoms with Crippen LogP contribution in [-0.2, 0) is 0 Å². The summed E-state index contributed by atoms with van der Waals surface area (Å²) in [6, 6.07) is 4.31. The van der Waals surface area contributed by atoms with Gasteiger partial charge in [0, 0.05) is 18.7 Å². The molecule has 21 heavy (non-hydrogen) atoms. The Hall–Kier alpha value is -1.86. The molecule has 0 bridgehead atoms. The molecule has 0 radical (unpaired) electrons. The molecule has 2 rings (SSSR count). The third-order valence-corrected chi connectivity index (χ3v) is 3.71. The van der Waals surface area contributed by atoms with Crippen LogP contribution < -0.4 is 0 Å². The minimum Gasteiger partial charge on any atom is -0.384 e. The lowest BCUT2D eigenvalue weighted by Crippen LogP contribution is -2.43. The summed E-state index contributed by atoms with van der Waals surface area (Å²) in [6.07, 6.45) is 2.07. The van der Waals surface area contributed by atoms with Crippen molar-refractivity contribution in [2.75, 3.05) is 19.7 Å². The van der Waals surface area contributed by atoms with Crippen LogP contribution in [0.1, 0.15) is 42.6 Å². The molecule has 1 aromatic rings. The Balaban J connectivity index is 2.18. The molecule has 1 aromatic carbocycles. The summed E-state index contributed by atoms with van der Waals surface area (Å²) in [6.45, 7) is 5.37. The second-order valence-corrected chi connectivity index (χ2v) is 6.15. The number of likely N-dealkylation sites (tertiary alicyclic amines) is 1. The van der Waals surface area contributed by atoms with Crippen molar-refractivity contribution in [1.29, 1.82) is 0 Å². The molecule has 0 aliphatic carbocycles. The van der Waals surface area contributed by atoms with Crippen molar-refractivity contribution in [3.8, 4) is 11.8 Å². The van der Waals surface area contributed by atoms with Crippen molar-refractivity contribution < 1.29 is 14.3 Å². The standard InChI is InChI=1S/C17H20FNO2/c1-17(2)8-4-9-19(12-17)16(21)14-7-6-13(5-3-10-20)15(18)11-14/h6-7,11,20H,4,8-10,12H2,1-2H3. The van der Waals surface area contributed by atoms with E-state index in [1.54, 1.807) is 11.0 Å². The molecule has 1 aliphatic rings. The highest BCUT2D eigenvalue weighted by atomic mass is 19.1. The van der Waals surface area contributed by atoms with Crippen LogP contribution in [0.5, 0.6) is 0 Å². The Bertz CT molecular complexity index is 599. The molecule has 0 atom stereocenters. The highest BCUT2D eigenvalue weighted by Gasteiger charge is 2.29. The lowest BCUT2D eigenvalue weighted by molar-refractivity contribution is 0.0583. The van der Waals surface area contributed by atoms with Crippen molar-refractivity contribution in [3.63, 3.8) is 0 Å². The average molecular weight is 289 g/mol. The Morgan fingerprint density at radius 3 is 2.86 bits per heavy atom. The van der Waals surface area contributed by atoms with Crippen LogP contribution in [0.2, 0.25) is 0 Å². The molecular formula is C17H20FNO2. The minimum atomic E-state index is -0.530. The number of aliphatic hydroxyl groups is 1. The average Bonchev–Trinajstić information content (AvgIpc) is 2.44. The van der Waals surface area contributed by atoms with E-state index in [1.807, 2.05) is 0 Å². The number of hydrogen-bond acceptors (Lipinski definition) is 2. The molecule has 3 nitrogen and oxygen atoms in total. The van der Waals surface area contributed by atoms with Crippen LogP contribution >= 0.6 is 0 Å². The number of rotatable bonds is 1. The number of nitrogens with zero attached hydrogens (tertiary/aromatic N) is 1. The fraction of sp³-hybridized carbons (Fsp3) is 0.471. The molecule has 1 amide bonds. The third kappa shape index (κ3) is 3.83. The summed E-state index contributed by atoms with van der Waals surface area (Å²) in [5.41, 5.74) is 0.651. The van der Waals surface area contributed by atoms with Crippen molar-refractivity contribution >= 4 is 5.91 Å². The van der Waals surface area contributed by atoms with Crippen LogP contribution in [0.25, 0.3) is 0 Å². The number of carbonyl (C=O) groups excluding carboxylic acids is 1. The van der Waals surface area contributed by atoms with E-state index in [0.29, 0.717) is 12.1 Å². The smallest absolute Gasteiger partial charge is 0.253 e. The van der Waals surface area contributed by atoms with E-state index in [-0.39, 0.29) is 23.5 Å². The molecule has 1 N–H and O–H groups in total. The van der Waals surface area contributed by atoms with Gasteiger partial charge in [-0.15, -0.1) is 0 Å². The first-order chi connectivity index (χ1) is 9.93. The summed E-state index contributed by atoms with van der Waals surface area (Å²) in [5.74, 6) is 4.25. The second-order valence-electron chi connectivity index (χ2n) is 6.15. The number of benzene rings is 1. The zero-order valence-electron chi connectivity index (χ0n) is 12.4. The number of piperidine rings is 1. The quantitative estimate of drug-likeness (QED) is 0.807. The molecular weight excluding hydrogens is 269 g/mol. The van der Waals surface area contributed by atoms with Gasteiger partial charge in [-0.3, -0.25) is 4.79 Å². The van der Waals surface area contributed by atoms with Crippen LogP contribution in [0.4, 0.5) is 4.39 Å². The fourth-order valence-corrected chi connectivity index (χ4v) is 2.66. The van der Waals surface area contributed by atoms with Crippen LogP contribution in [-0.4, -0.2) is 35.6 Å². The molecule has 0 aromatic heterocycles. The largest absolute Gasteiger partial charge is 0.384 e. The fourth-order valence-electron chi connectivity index (χ4n) is 2.66. The Morgan fingerprint density at radius 1 is 1.48 bits per heavy atom. The van der Waals surface area contributed by atoms with E-state index in [1.165, 1.54) is 12.1 Å². The van der Waals surface area contributed by atoms with Crippen LogP contribution in [0.15, 0.2) is 18.2 Å². The molecule has 1 fully saturated rings. The summed E-state index contributed by atoms with van der Waals surface area (Å²) >= 11 is 0. The Labute approximate surface area is 124 Å². The van der Waals surface area contributed by atoms with E-state index in [4.69, 9.17) is 5.11 Å². The maximum atomic E-state index is 13.9. The van der Waals surface area contributed by atoms with Gasteiger partial charge in [-0.2, -0.15) is 0 Å². The lowest BCUT2D eigenvalue weighted by atomic mass is 9.84. The van der Waals surface area contributed by atoms with Gasteiger partial charge in [-0.25, -0.2) is 4.39 Å². The van der Waals surface area contributed by atoms with E-state index in [0.717, 1.165) is 19.4 Å². The van der Waals surface area contributed by atoms with Crippen molar-refractivity contribution in [3.05, 3.63) is 35.1 Å². The second kappa shape index (κ2) is 6.28. The molecule has 1 heterocycles. The topological polar surface area (TPSA) is 40.5 Å². The minimum absolute atomic E-state index is 0.110. The highest BCUT2D eigenvalue weighted by Crippen LogP contribution is 2.29. The van der Waals surface area contributed by atoms with Gasteiger partial charge in [0.25, 0.3) is 5.91 Å². The van der Waals surface area contributed by atoms with Crippen molar-refractivity contribution in [1.82, 2.24) is 4.90 Å². The molecule has 0 spiro atoms. The maximum absolute atomic E-state index is 13.9. The van der Waals surface area contributed by atoms with E-state index < -0.39 is 5.82 Å². The molecule has 1 aliphatic heterocycles. The Morgan fingerprint density at radius 2 is 2.24 bits per heavy atom. The number of aliphatic hydroxyl groups excluding tert-OH is 1. The van der Waals surface area contributed by atoms with Gasteiger partial charge in [0.2, 0.25) is 0 Å². The number of halogens is 1. The summed E-state index contributed by atoms with van der Waals surface area (Å²) in [4.78, 5) is 14.2. The van der Waals surface area contributed by atoms with Gasteiger partial charge in [0.1, 0.15) is 12.4 Å². The first-order valence-corrected chi connectivity index (χ1v) is 7.11. The lowest BCUT2D eigenvalue weighted by Gasteiger charge is -2.38. The van der Waals surface area contributed by atoms with Gasteiger partial charge < -0.3 is 10.0 Å². The monoisotopic (exact) mass is 289 g/mol. The first-order valence-electron chi connectivity index (χ1n) is 7.11.